The number of carbonyl (C=O) groups is 1. The summed E-state index contributed by atoms with van der Waals surface area (Å²) < 4.78 is 33.0. The Kier molecular flexibility index (Phi) is 5.62. The predicted molar refractivity (Wildman–Crippen MR) is 71.6 cm³/mol. The molecule has 1 aromatic rings. The third-order valence-corrected chi connectivity index (χ3v) is 3.68. The molecule has 7 heteroatoms. The van der Waals surface area contributed by atoms with E-state index >= 15 is 0 Å². The molecule has 1 rings (SSSR count). The predicted octanol–water partition coefficient (Wildman–Crippen LogP) is 0.625. The van der Waals surface area contributed by atoms with E-state index in [2.05, 4.69) is 4.74 Å². The summed E-state index contributed by atoms with van der Waals surface area (Å²) in [5.41, 5.74) is 6.08. The van der Waals surface area contributed by atoms with E-state index in [1.165, 1.54) is 0 Å². The standard InChI is InChI=1S/C12H17NO5S/c1-2-17-12(14)9-19(15,16)8-7-18-11-6-4-3-5-10(11)13/h3-6H,2,7-9,13H2,1H3. The second-order valence-electron chi connectivity index (χ2n) is 3.78. The van der Waals surface area contributed by atoms with E-state index in [4.69, 9.17) is 10.5 Å². The number of benzene rings is 1. The summed E-state index contributed by atoms with van der Waals surface area (Å²) in [5.74, 6) is -1.22. The van der Waals surface area contributed by atoms with Gasteiger partial charge in [-0.3, -0.25) is 4.79 Å². The third kappa shape index (κ3) is 5.60. The lowest BCUT2D eigenvalue weighted by atomic mass is 10.3. The fourth-order valence-electron chi connectivity index (χ4n) is 1.34. The van der Waals surface area contributed by atoms with Gasteiger partial charge < -0.3 is 15.2 Å². The first-order chi connectivity index (χ1) is 8.94. The number of para-hydroxylation sites is 2. The van der Waals surface area contributed by atoms with Crippen molar-refractivity contribution in [2.45, 2.75) is 6.92 Å². The fraction of sp³-hybridized carbons (Fsp3) is 0.417. The van der Waals surface area contributed by atoms with Crippen LogP contribution in [0.2, 0.25) is 0 Å². The average molecular weight is 287 g/mol. The normalized spacial score (nSPS) is 11.0. The fourth-order valence-corrected chi connectivity index (χ4v) is 2.27. The SMILES string of the molecule is CCOC(=O)CS(=O)(=O)CCOc1ccccc1N. The van der Waals surface area contributed by atoms with E-state index < -0.39 is 21.6 Å². The van der Waals surface area contributed by atoms with Crippen LogP contribution in [-0.2, 0) is 19.4 Å². The Morgan fingerprint density at radius 2 is 2.00 bits per heavy atom. The van der Waals surface area contributed by atoms with Gasteiger partial charge in [0.15, 0.2) is 9.84 Å². The van der Waals surface area contributed by atoms with Crippen LogP contribution in [0.15, 0.2) is 24.3 Å². The largest absolute Gasteiger partial charge is 0.490 e. The number of carbonyl (C=O) groups excluding carboxylic acids is 1. The van der Waals surface area contributed by atoms with Crippen LogP contribution in [0.4, 0.5) is 5.69 Å². The maximum atomic E-state index is 11.6. The molecule has 0 radical (unpaired) electrons. The van der Waals surface area contributed by atoms with Gasteiger partial charge in [0, 0.05) is 0 Å². The van der Waals surface area contributed by atoms with Gasteiger partial charge in [0.1, 0.15) is 18.1 Å². The number of nitrogen functional groups attached to an aromatic ring is 1. The number of esters is 1. The van der Waals surface area contributed by atoms with Crippen molar-refractivity contribution in [2.75, 3.05) is 30.5 Å². The molecule has 106 valence electrons. The molecule has 6 nitrogen and oxygen atoms in total. The minimum absolute atomic E-state index is 0.0596. The van der Waals surface area contributed by atoms with Crippen LogP contribution in [0.3, 0.4) is 0 Å². The summed E-state index contributed by atoms with van der Waals surface area (Å²) in [7, 11) is -3.53. The zero-order chi connectivity index (χ0) is 14.3. The summed E-state index contributed by atoms with van der Waals surface area (Å²) in [5, 5.41) is 0. The van der Waals surface area contributed by atoms with Crippen molar-refractivity contribution in [3.05, 3.63) is 24.3 Å². The van der Waals surface area contributed by atoms with Gasteiger partial charge in [-0.15, -0.1) is 0 Å². The molecule has 0 amide bonds. The van der Waals surface area contributed by atoms with Crippen molar-refractivity contribution in [2.24, 2.45) is 0 Å². The quantitative estimate of drug-likeness (QED) is 0.583. The number of hydrogen-bond donors (Lipinski definition) is 1. The minimum Gasteiger partial charge on any atom is -0.490 e. The molecule has 0 bridgehead atoms. The van der Waals surface area contributed by atoms with E-state index in [1.807, 2.05) is 0 Å². The number of hydrogen-bond acceptors (Lipinski definition) is 6. The van der Waals surface area contributed by atoms with Crippen LogP contribution in [-0.4, -0.2) is 39.1 Å². The Hall–Kier alpha value is -1.76. The summed E-state index contributed by atoms with van der Waals surface area (Å²) in [6.45, 7) is 1.72. The van der Waals surface area contributed by atoms with E-state index in [1.54, 1.807) is 31.2 Å². The van der Waals surface area contributed by atoms with E-state index in [0.29, 0.717) is 11.4 Å². The maximum absolute atomic E-state index is 11.6. The Morgan fingerprint density at radius 1 is 1.32 bits per heavy atom. The lowest BCUT2D eigenvalue weighted by Crippen LogP contribution is -2.24. The molecule has 0 fully saturated rings. The van der Waals surface area contributed by atoms with Gasteiger partial charge in [-0.1, -0.05) is 12.1 Å². The molecule has 19 heavy (non-hydrogen) atoms. The van der Waals surface area contributed by atoms with Gasteiger partial charge in [0.25, 0.3) is 0 Å². The topological polar surface area (TPSA) is 95.7 Å². The highest BCUT2D eigenvalue weighted by atomic mass is 32.2. The number of nitrogens with two attached hydrogens (primary N) is 1. The van der Waals surface area contributed by atoms with Crippen LogP contribution in [0.5, 0.6) is 5.75 Å². The monoisotopic (exact) mass is 287 g/mol. The highest BCUT2D eigenvalue weighted by Gasteiger charge is 2.17. The van der Waals surface area contributed by atoms with Crippen LogP contribution in [0.25, 0.3) is 0 Å². The Morgan fingerprint density at radius 3 is 2.63 bits per heavy atom. The summed E-state index contributed by atoms with van der Waals surface area (Å²) in [6, 6.07) is 6.79. The molecule has 0 aliphatic heterocycles. The highest BCUT2D eigenvalue weighted by Crippen LogP contribution is 2.19. The van der Waals surface area contributed by atoms with Gasteiger partial charge in [-0.05, 0) is 19.1 Å². The molecule has 0 aromatic heterocycles. The molecule has 1 aromatic carbocycles. The number of sulfone groups is 1. The van der Waals surface area contributed by atoms with Gasteiger partial charge in [-0.2, -0.15) is 0 Å². The molecule has 0 heterocycles. The molecule has 0 atom stereocenters. The maximum Gasteiger partial charge on any atom is 0.321 e. The molecule has 0 aliphatic rings. The second kappa shape index (κ2) is 6.98. The molecule has 0 aliphatic carbocycles. The van der Waals surface area contributed by atoms with Crippen molar-refractivity contribution in [3.8, 4) is 5.75 Å². The summed E-state index contributed by atoms with van der Waals surface area (Å²) >= 11 is 0. The van der Waals surface area contributed by atoms with Gasteiger partial charge in [0.05, 0.1) is 18.0 Å². The van der Waals surface area contributed by atoms with Crippen LogP contribution in [0.1, 0.15) is 6.92 Å². The first kappa shape index (κ1) is 15.3. The van der Waals surface area contributed by atoms with Gasteiger partial charge in [-0.25, -0.2) is 8.42 Å². The molecule has 0 saturated carbocycles. The Bertz CT molecular complexity index is 527. The van der Waals surface area contributed by atoms with Crippen molar-refractivity contribution in [3.63, 3.8) is 0 Å². The summed E-state index contributed by atoms with van der Waals surface area (Å²) in [4.78, 5) is 11.1. The van der Waals surface area contributed by atoms with Crippen molar-refractivity contribution >= 4 is 21.5 Å². The van der Waals surface area contributed by atoms with Crippen LogP contribution < -0.4 is 10.5 Å². The van der Waals surface area contributed by atoms with Crippen LogP contribution >= 0.6 is 0 Å². The van der Waals surface area contributed by atoms with E-state index in [9.17, 15) is 13.2 Å². The lowest BCUT2D eigenvalue weighted by molar-refractivity contribution is -0.139. The van der Waals surface area contributed by atoms with Gasteiger partial charge in [0.2, 0.25) is 0 Å². The average Bonchev–Trinajstić information content (AvgIpc) is 2.31. The Labute approximate surface area is 112 Å². The first-order valence-corrected chi connectivity index (χ1v) is 7.60. The molecular formula is C12H17NO5S. The molecular weight excluding hydrogens is 270 g/mol. The van der Waals surface area contributed by atoms with Crippen molar-refractivity contribution in [1.29, 1.82) is 0 Å². The number of rotatable bonds is 7. The van der Waals surface area contributed by atoms with E-state index in [-0.39, 0.29) is 19.0 Å². The smallest absolute Gasteiger partial charge is 0.321 e. The molecule has 0 unspecified atom stereocenters. The third-order valence-electron chi connectivity index (χ3n) is 2.21. The lowest BCUT2D eigenvalue weighted by Gasteiger charge is -2.08. The van der Waals surface area contributed by atoms with Crippen molar-refractivity contribution in [1.82, 2.24) is 0 Å². The van der Waals surface area contributed by atoms with Crippen LogP contribution in [0, 0.1) is 0 Å². The zero-order valence-electron chi connectivity index (χ0n) is 10.7. The van der Waals surface area contributed by atoms with Crippen molar-refractivity contribution < 1.29 is 22.7 Å². The number of ether oxygens (including phenoxy) is 2. The van der Waals surface area contributed by atoms with E-state index in [0.717, 1.165) is 0 Å². The minimum atomic E-state index is -3.53. The zero-order valence-corrected chi connectivity index (χ0v) is 11.5. The highest BCUT2D eigenvalue weighted by molar-refractivity contribution is 7.92. The summed E-state index contributed by atoms with van der Waals surface area (Å²) in [6.07, 6.45) is 0. The molecule has 0 saturated heterocycles. The first-order valence-electron chi connectivity index (χ1n) is 5.78. The molecule has 2 N–H and O–H groups in total. The second-order valence-corrected chi connectivity index (χ2v) is 5.97. The number of anilines is 1. The van der Waals surface area contributed by atoms with Gasteiger partial charge >= 0.3 is 5.97 Å². The molecule has 0 spiro atoms. The Balaban J connectivity index is 2.44.